The number of thiazole rings is 1. The van der Waals surface area contributed by atoms with Crippen LogP contribution < -0.4 is 11.1 Å². The Morgan fingerprint density at radius 2 is 2.07 bits per heavy atom. The van der Waals surface area contributed by atoms with E-state index in [0.29, 0.717) is 13.0 Å². The average molecular weight is 412 g/mol. The summed E-state index contributed by atoms with van der Waals surface area (Å²) in [7, 11) is 0. The molecule has 1 heterocycles. The van der Waals surface area contributed by atoms with Crippen molar-refractivity contribution < 1.29 is 9.53 Å². The molecule has 0 aliphatic heterocycles. The van der Waals surface area contributed by atoms with Crippen molar-refractivity contribution in [1.82, 2.24) is 4.98 Å². The van der Waals surface area contributed by atoms with Crippen LogP contribution >= 0.6 is 23.7 Å². The Balaban J connectivity index is 0.00000261. The first kappa shape index (κ1) is 22.1. The van der Waals surface area contributed by atoms with Gasteiger partial charge in [-0.05, 0) is 25.1 Å². The molecule has 1 aliphatic carbocycles. The number of rotatable bonds is 4. The molecule has 27 heavy (non-hydrogen) atoms. The van der Waals surface area contributed by atoms with Gasteiger partial charge in [0.2, 0.25) is 5.91 Å². The van der Waals surface area contributed by atoms with E-state index in [2.05, 4.69) is 26.1 Å². The Morgan fingerprint density at radius 1 is 1.41 bits per heavy atom. The number of fused-ring (bicyclic) bond motifs is 1. The normalized spacial score (nSPS) is 24.2. The minimum absolute atomic E-state index is 0. The maximum absolute atomic E-state index is 12.9. The molecule has 2 atom stereocenters. The highest BCUT2D eigenvalue weighted by Crippen LogP contribution is 2.50. The van der Waals surface area contributed by atoms with Gasteiger partial charge < -0.3 is 15.8 Å². The molecule has 0 radical (unpaired) electrons. The number of carbonyl (C=O) groups is 1. The minimum atomic E-state index is -0.925. The Kier molecular flexibility index (Phi) is 5.98. The van der Waals surface area contributed by atoms with Crippen LogP contribution in [0.3, 0.4) is 0 Å². The number of hydrogen-bond acceptors (Lipinski definition) is 5. The summed E-state index contributed by atoms with van der Waals surface area (Å²) in [6.07, 6.45) is 0.554. The molecule has 0 spiro atoms. The highest BCUT2D eigenvalue weighted by Gasteiger charge is 2.62. The monoisotopic (exact) mass is 411 g/mol. The van der Waals surface area contributed by atoms with Crippen molar-refractivity contribution in [2.45, 2.75) is 65.0 Å². The molecule has 1 amide bonds. The number of nitrogens with two attached hydrogens (primary N) is 1. The van der Waals surface area contributed by atoms with Crippen molar-refractivity contribution in [2.75, 3.05) is 11.9 Å². The fraction of sp³-hybridized carbons (Fsp3) is 0.600. The van der Waals surface area contributed by atoms with Crippen LogP contribution in [-0.2, 0) is 14.9 Å². The Labute approximate surface area is 171 Å². The molecule has 2 unspecified atom stereocenters. The number of halogens is 1. The van der Waals surface area contributed by atoms with E-state index in [0.717, 1.165) is 20.9 Å². The SMILES string of the molecule is CCOC1CC(N)(C(=O)Nc2ccc3nc(C(C)(C)C)sc3c2)C1(C)C.Cl. The van der Waals surface area contributed by atoms with Gasteiger partial charge in [0.25, 0.3) is 0 Å². The molecule has 1 aromatic heterocycles. The number of carbonyl (C=O) groups excluding carboxylic acids is 1. The van der Waals surface area contributed by atoms with Crippen LogP contribution in [0.15, 0.2) is 18.2 Å². The number of anilines is 1. The quantitative estimate of drug-likeness (QED) is 0.777. The first-order valence-corrected chi connectivity index (χ1v) is 9.93. The fourth-order valence-corrected chi connectivity index (χ4v) is 4.45. The molecular weight excluding hydrogens is 382 g/mol. The van der Waals surface area contributed by atoms with Crippen molar-refractivity contribution in [3.8, 4) is 0 Å². The lowest BCUT2D eigenvalue weighted by Crippen LogP contribution is -2.74. The topological polar surface area (TPSA) is 77.2 Å². The Bertz CT molecular complexity index is 843. The van der Waals surface area contributed by atoms with E-state index in [9.17, 15) is 4.79 Å². The van der Waals surface area contributed by atoms with Crippen molar-refractivity contribution in [1.29, 1.82) is 0 Å². The number of nitrogens with one attached hydrogen (secondary N) is 1. The standard InChI is InChI=1S/C20H29N3O2S.ClH/c1-7-25-15-11-20(21,19(15,5)6)16(24)22-12-8-9-13-14(10-12)26-17(23-13)18(2,3)4;/h8-10,15H,7,11,21H2,1-6H3,(H,22,24);1H. The number of aromatic nitrogens is 1. The molecule has 1 saturated carbocycles. The van der Waals surface area contributed by atoms with E-state index < -0.39 is 11.0 Å². The summed E-state index contributed by atoms with van der Waals surface area (Å²) in [5.41, 5.74) is 6.87. The minimum Gasteiger partial charge on any atom is -0.378 e. The van der Waals surface area contributed by atoms with E-state index in [-0.39, 0.29) is 29.8 Å². The van der Waals surface area contributed by atoms with E-state index in [1.807, 2.05) is 39.0 Å². The summed E-state index contributed by atoms with van der Waals surface area (Å²) in [6.45, 7) is 13.0. The predicted octanol–water partition coefficient (Wildman–Crippen LogP) is 4.49. The average Bonchev–Trinajstić information content (AvgIpc) is 2.98. The maximum Gasteiger partial charge on any atom is 0.245 e. The van der Waals surface area contributed by atoms with Gasteiger partial charge >= 0.3 is 0 Å². The van der Waals surface area contributed by atoms with Gasteiger partial charge in [0, 0.05) is 29.5 Å². The van der Waals surface area contributed by atoms with Crippen LogP contribution in [0.4, 0.5) is 5.69 Å². The van der Waals surface area contributed by atoms with Gasteiger partial charge in [0.15, 0.2) is 0 Å². The lowest BCUT2D eigenvalue weighted by atomic mass is 9.54. The number of nitrogens with zero attached hydrogens (tertiary/aromatic N) is 1. The largest absolute Gasteiger partial charge is 0.378 e. The summed E-state index contributed by atoms with van der Waals surface area (Å²) in [5, 5.41) is 4.09. The zero-order valence-electron chi connectivity index (χ0n) is 16.9. The molecule has 5 nitrogen and oxygen atoms in total. The second-order valence-electron chi connectivity index (χ2n) is 8.75. The number of benzene rings is 1. The third-order valence-electron chi connectivity index (χ3n) is 5.52. The van der Waals surface area contributed by atoms with Crippen LogP contribution in [0, 0.1) is 5.41 Å². The zero-order chi connectivity index (χ0) is 19.3. The van der Waals surface area contributed by atoms with Gasteiger partial charge in [-0.2, -0.15) is 0 Å². The summed E-state index contributed by atoms with van der Waals surface area (Å²) in [5.74, 6) is -0.154. The molecule has 1 aliphatic rings. The summed E-state index contributed by atoms with van der Waals surface area (Å²) < 4.78 is 6.78. The van der Waals surface area contributed by atoms with Gasteiger partial charge in [-0.3, -0.25) is 4.79 Å². The van der Waals surface area contributed by atoms with Crippen LogP contribution in [0.5, 0.6) is 0 Å². The van der Waals surface area contributed by atoms with Crippen LogP contribution in [0.1, 0.15) is 53.0 Å². The van der Waals surface area contributed by atoms with Crippen molar-refractivity contribution in [3.63, 3.8) is 0 Å². The van der Waals surface area contributed by atoms with E-state index in [1.54, 1.807) is 11.3 Å². The molecule has 150 valence electrons. The second kappa shape index (κ2) is 7.32. The highest BCUT2D eigenvalue weighted by atomic mass is 35.5. The Hall–Kier alpha value is -1.21. The molecule has 1 aromatic carbocycles. The number of hydrogen-bond donors (Lipinski definition) is 2. The predicted molar refractivity (Wildman–Crippen MR) is 115 cm³/mol. The van der Waals surface area contributed by atoms with Crippen LogP contribution in [-0.4, -0.2) is 29.1 Å². The van der Waals surface area contributed by atoms with Gasteiger partial charge in [0.1, 0.15) is 5.54 Å². The summed E-state index contributed by atoms with van der Waals surface area (Å²) >= 11 is 1.67. The molecular formula is C20H30ClN3O2S. The highest BCUT2D eigenvalue weighted by molar-refractivity contribution is 7.18. The molecule has 3 N–H and O–H groups in total. The molecule has 3 rings (SSSR count). The third-order valence-corrected chi connectivity index (χ3v) is 6.97. The van der Waals surface area contributed by atoms with Crippen molar-refractivity contribution >= 4 is 45.6 Å². The Morgan fingerprint density at radius 3 is 2.63 bits per heavy atom. The van der Waals surface area contributed by atoms with E-state index in [4.69, 9.17) is 15.5 Å². The molecule has 0 bridgehead atoms. The van der Waals surface area contributed by atoms with Gasteiger partial charge in [-0.1, -0.05) is 34.6 Å². The van der Waals surface area contributed by atoms with Gasteiger partial charge in [-0.25, -0.2) is 4.98 Å². The lowest BCUT2D eigenvalue weighted by Gasteiger charge is -2.57. The van der Waals surface area contributed by atoms with Crippen LogP contribution in [0.2, 0.25) is 0 Å². The van der Waals surface area contributed by atoms with Crippen molar-refractivity contribution in [2.24, 2.45) is 11.1 Å². The number of amides is 1. The molecule has 1 fully saturated rings. The maximum atomic E-state index is 12.9. The smallest absolute Gasteiger partial charge is 0.245 e. The first-order valence-electron chi connectivity index (χ1n) is 9.12. The first-order chi connectivity index (χ1) is 12.0. The molecule has 0 saturated heterocycles. The molecule has 7 heteroatoms. The molecule has 2 aromatic rings. The van der Waals surface area contributed by atoms with E-state index in [1.165, 1.54) is 0 Å². The number of ether oxygens (including phenoxy) is 1. The van der Waals surface area contributed by atoms with E-state index >= 15 is 0 Å². The van der Waals surface area contributed by atoms with Gasteiger partial charge in [-0.15, -0.1) is 23.7 Å². The fourth-order valence-electron chi connectivity index (χ4n) is 3.39. The zero-order valence-corrected chi connectivity index (χ0v) is 18.5. The summed E-state index contributed by atoms with van der Waals surface area (Å²) in [6, 6.07) is 5.82. The van der Waals surface area contributed by atoms with Gasteiger partial charge in [0.05, 0.1) is 21.3 Å². The van der Waals surface area contributed by atoms with Crippen LogP contribution in [0.25, 0.3) is 10.2 Å². The third kappa shape index (κ3) is 3.73. The second-order valence-corrected chi connectivity index (χ2v) is 9.78. The summed E-state index contributed by atoms with van der Waals surface area (Å²) in [4.78, 5) is 17.6. The van der Waals surface area contributed by atoms with Crippen molar-refractivity contribution in [3.05, 3.63) is 23.2 Å². The lowest BCUT2D eigenvalue weighted by molar-refractivity contribution is -0.166.